The number of alkyl halides is 3. The Labute approximate surface area is 158 Å². The van der Waals surface area contributed by atoms with Crippen LogP contribution in [0.15, 0.2) is 48.8 Å². The molecule has 4 rings (SSSR count). The Hall–Kier alpha value is -3.36. The highest BCUT2D eigenvalue weighted by molar-refractivity contribution is 5.57. The molecule has 0 fully saturated rings. The van der Waals surface area contributed by atoms with E-state index in [1.54, 1.807) is 24.3 Å². The van der Waals surface area contributed by atoms with Crippen LogP contribution in [0.2, 0.25) is 0 Å². The number of anilines is 1. The Balaban J connectivity index is 1.66. The standard InChI is InChI=1S/C19H15F3N4O2/c1-11(13-2-3-14-15(8-13)28-10-27-14)24-17-9-16(19(20,21)22)25-18(26-17)12-4-6-23-7-5-12/h2-9,11H,10H2,1H3,(H,24,25,26). The van der Waals surface area contributed by atoms with E-state index < -0.39 is 11.9 Å². The number of pyridine rings is 1. The highest BCUT2D eigenvalue weighted by Crippen LogP contribution is 2.35. The van der Waals surface area contributed by atoms with Gasteiger partial charge in [0, 0.05) is 24.0 Å². The van der Waals surface area contributed by atoms with Crippen LogP contribution in [0.1, 0.15) is 24.2 Å². The molecule has 0 bridgehead atoms. The second kappa shape index (κ2) is 6.99. The zero-order chi connectivity index (χ0) is 19.7. The van der Waals surface area contributed by atoms with Crippen LogP contribution in [-0.2, 0) is 6.18 Å². The summed E-state index contributed by atoms with van der Waals surface area (Å²) in [5.41, 5.74) is 0.247. The summed E-state index contributed by atoms with van der Waals surface area (Å²) in [7, 11) is 0. The van der Waals surface area contributed by atoms with Crippen LogP contribution in [0, 0.1) is 0 Å². The third kappa shape index (κ3) is 3.68. The van der Waals surface area contributed by atoms with E-state index >= 15 is 0 Å². The fraction of sp³-hybridized carbons (Fsp3) is 0.211. The van der Waals surface area contributed by atoms with Crippen LogP contribution in [0.4, 0.5) is 19.0 Å². The lowest BCUT2D eigenvalue weighted by Gasteiger charge is -2.17. The molecule has 0 saturated carbocycles. The molecular formula is C19H15F3N4O2. The summed E-state index contributed by atoms with van der Waals surface area (Å²) in [5.74, 6) is 1.27. The van der Waals surface area contributed by atoms with Crippen LogP contribution in [0.3, 0.4) is 0 Å². The van der Waals surface area contributed by atoms with Crippen molar-refractivity contribution in [1.82, 2.24) is 15.0 Å². The van der Waals surface area contributed by atoms with Gasteiger partial charge in [-0.2, -0.15) is 13.2 Å². The Morgan fingerprint density at radius 1 is 1.00 bits per heavy atom. The van der Waals surface area contributed by atoms with Crippen molar-refractivity contribution in [2.24, 2.45) is 0 Å². The summed E-state index contributed by atoms with van der Waals surface area (Å²) in [5, 5.41) is 3.01. The maximum atomic E-state index is 13.3. The van der Waals surface area contributed by atoms with Crippen LogP contribution < -0.4 is 14.8 Å². The normalized spacial score (nSPS) is 14.0. The fourth-order valence-corrected chi connectivity index (χ4v) is 2.78. The van der Waals surface area contributed by atoms with Crippen molar-refractivity contribution in [2.45, 2.75) is 19.1 Å². The molecule has 0 saturated heterocycles. The average molecular weight is 388 g/mol. The summed E-state index contributed by atoms with van der Waals surface area (Å²) in [6.45, 7) is 1.97. The lowest BCUT2D eigenvalue weighted by atomic mass is 10.1. The Morgan fingerprint density at radius 3 is 2.50 bits per heavy atom. The van der Waals surface area contributed by atoms with Gasteiger partial charge in [0.15, 0.2) is 23.0 Å². The molecule has 1 unspecified atom stereocenters. The number of halogens is 3. The first kappa shape index (κ1) is 18.0. The molecule has 1 aliphatic rings. The smallest absolute Gasteiger partial charge is 0.433 e. The maximum Gasteiger partial charge on any atom is 0.433 e. The van der Waals surface area contributed by atoms with Gasteiger partial charge in [0.05, 0.1) is 6.04 Å². The summed E-state index contributed by atoms with van der Waals surface area (Å²) >= 11 is 0. The Morgan fingerprint density at radius 2 is 1.75 bits per heavy atom. The van der Waals surface area contributed by atoms with E-state index in [0.717, 1.165) is 11.6 Å². The lowest BCUT2D eigenvalue weighted by molar-refractivity contribution is -0.141. The van der Waals surface area contributed by atoms with Crippen molar-refractivity contribution in [2.75, 3.05) is 12.1 Å². The molecule has 6 nitrogen and oxygen atoms in total. The third-order valence-corrected chi connectivity index (χ3v) is 4.22. The molecule has 1 aromatic carbocycles. The molecule has 1 aliphatic heterocycles. The number of hydrogen-bond donors (Lipinski definition) is 1. The van der Waals surface area contributed by atoms with E-state index in [9.17, 15) is 13.2 Å². The first-order valence-corrected chi connectivity index (χ1v) is 8.43. The van der Waals surface area contributed by atoms with E-state index in [4.69, 9.17) is 9.47 Å². The SMILES string of the molecule is CC(Nc1cc(C(F)(F)F)nc(-c2ccncc2)n1)c1ccc2c(c1)OCO2. The van der Waals surface area contributed by atoms with Gasteiger partial charge in [-0.15, -0.1) is 0 Å². The van der Waals surface area contributed by atoms with Crippen molar-refractivity contribution in [3.05, 3.63) is 60.0 Å². The van der Waals surface area contributed by atoms with E-state index in [1.807, 2.05) is 13.0 Å². The maximum absolute atomic E-state index is 13.3. The van der Waals surface area contributed by atoms with Crippen molar-refractivity contribution in [3.63, 3.8) is 0 Å². The monoisotopic (exact) mass is 388 g/mol. The number of rotatable bonds is 4. The second-order valence-electron chi connectivity index (χ2n) is 6.17. The van der Waals surface area contributed by atoms with Crippen LogP contribution >= 0.6 is 0 Å². The summed E-state index contributed by atoms with van der Waals surface area (Å²) in [6, 6.07) is 9.06. The molecule has 0 amide bonds. The quantitative estimate of drug-likeness (QED) is 0.712. The molecule has 3 heterocycles. The lowest BCUT2D eigenvalue weighted by Crippen LogP contribution is -2.14. The summed E-state index contributed by atoms with van der Waals surface area (Å²) < 4.78 is 50.6. The van der Waals surface area contributed by atoms with Gasteiger partial charge in [-0.05, 0) is 36.8 Å². The van der Waals surface area contributed by atoms with Gasteiger partial charge in [0.1, 0.15) is 5.82 Å². The minimum Gasteiger partial charge on any atom is -0.454 e. The van der Waals surface area contributed by atoms with Crippen molar-refractivity contribution in [3.8, 4) is 22.9 Å². The van der Waals surface area contributed by atoms with Gasteiger partial charge in [-0.1, -0.05) is 6.07 Å². The van der Waals surface area contributed by atoms with Gasteiger partial charge in [-0.3, -0.25) is 4.98 Å². The minimum absolute atomic E-state index is 0.0300. The van der Waals surface area contributed by atoms with Crippen molar-refractivity contribution in [1.29, 1.82) is 0 Å². The Bertz CT molecular complexity index is 996. The highest BCUT2D eigenvalue weighted by Gasteiger charge is 2.34. The molecule has 0 aliphatic carbocycles. The zero-order valence-electron chi connectivity index (χ0n) is 14.7. The van der Waals surface area contributed by atoms with E-state index in [1.165, 1.54) is 12.4 Å². The minimum atomic E-state index is -4.59. The fourth-order valence-electron chi connectivity index (χ4n) is 2.78. The molecule has 1 N–H and O–H groups in total. The number of fused-ring (bicyclic) bond motifs is 1. The molecule has 1 atom stereocenters. The van der Waals surface area contributed by atoms with E-state index in [-0.39, 0.29) is 24.5 Å². The van der Waals surface area contributed by atoms with Gasteiger partial charge in [-0.25, -0.2) is 9.97 Å². The predicted octanol–water partition coefficient (Wildman–Crippen LogP) is 4.46. The largest absolute Gasteiger partial charge is 0.454 e. The highest BCUT2D eigenvalue weighted by atomic mass is 19.4. The van der Waals surface area contributed by atoms with Crippen molar-refractivity contribution >= 4 is 5.82 Å². The number of aromatic nitrogens is 3. The van der Waals surface area contributed by atoms with Crippen molar-refractivity contribution < 1.29 is 22.6 Å². The molecule has 144 valence electrons. The molecule has 0 radical (unpaired) electrons. The Kier molecular flexibility index (Phi) is 4.50. The molecule has 2 aromatic heterocycles. The van der Waals surface area contributed by atoms with Gasteiger partial charge >= 0.3 is 6.18 Å². The van der Waals surface area contributed by atoms with Crippen LogP contribution in [0.5, 0.6) is 11.5 Å². The molecule has 3 aromatic rings. The second-order valence-corrected chi connectivity index (χ2v) is 6.17. The number of nitrogens with zero attached hydrogens (tertiary/aromatic N) is 3. The number of hydrogen-bond acceptors (Lipinski definition) is 6. The number of benzene rings is 1. The van der Waals surface area contributed by atoms with Crippen LogP contribution in [0.25, 0.3) is 11.4 Å². The average Bonchev–Trinajstić information content (AvgIpc) is 3.15. The van der Waals surface area contributed by atoms with Gasteiger partial charge in [0.2, 0.25) is 6.79 Å². The van der Waals surface area contributed by atoms with E-state index in [0.29, 0.717) is 17.1 Å². The first-order valence-electron chi connectivity index (χ1n) is 8.43. The number of ether oxygens (including phenoxy) is 2. The topological polar surface area (TPSA) is 69.2 Å². The number of nitrogens with one attached hydrogen (secondary N) is 1. The third-order valence-electron chi connectivity index (χ3n) is 4.22. The first-order chi connectivity index (χ1) is 13.4. The predicted molar refractivity (Wildman–Crippen MR) is 94.9 cm³/mol. The van der Waals surface area contributed by atoms with Gasteiger partial charge in [0.25, 0.3) is 0 Å². The zero-order valence-corrected chi connectivity index (χ0v) is 14.7. The molecular weight excluding hydrogens is 373 g/mol. The van der Waals surface area contributed by atoms with E-state index in [2.05, 4.69) is 20.3 Å². The molecule has 0 spiro atoms. The summed E-state index contributed by atoms with van der Waals surface area (Å²) in [6.07, 6.45) is -1.65. The van der Waals surface area contributed by atoms with Crippen LogP contribution in [-0.4, -0.2) is 21.7 Å². The summed E-state index contributed by atoms with van der Waals surface area (Å²) in [4.78, 5) is 11.8. The molecule has 28 heavy (non-hydrogen) atoms. The van der Waals surface area contributed by atoms with Gasteiger partial charge < -0.3 is 14.8 Å². The molecule has 9 heteroatoms.